The zero-order valence-electron chi connectivity index (χ0n) is 11.6. The summed E-state index contributed by atoms with van der Waals surface area (Å²) in [5.41, 5.74) is 1.15. The van der Waals surface area contributed by atoms with Crippen LogP contribution < -0.4 is 10.1 Å². The molecule has 0 saturated heterocycles. The zero-order valence-corrected chi connectivity index (χ0v) is 11.6. The number of para-hydroxylation sites is 1. The Kier molecular flexibility index (Phi) is 4.52. The van der Waals surface area contributed by atoms with Crippen molar-refractivity contribution in [2.24, 2.45) is 7.05 Å². The molecular formula is C14H20N4O. The van der Waals surface area contributed by atoms with Gasteiger partial charge in [-0.05, 0) is 19.9 Å². The van der Waals surface area contributed by atoms with Gasteiger partial charge in [-0.15, -0.1) is 0 Å². The summed E-state index contributed by atoms with van der Waals surface area (Å²) in [5, 5.41) is 7.66. The van der Waals surface area contributed by atoms with E-state index in [1.807, 2.05) is 32.2 Å². The maximum atomic E-state index is 5.64. The Balaban J connectivity index is 2.01. The highest BCUT2D eigenvalue weighted by molar-refractivity contribution is 5.35. The van der Waals surface area contributed by atoms with Crippen LogP contribution in [0.5, 0.6) is 5.75 Å². The molecule has 2 rings (SSSR count). The molecule has 5 heteroatoms. The summed E-state index contributed by atoms with van der Waals surface area (Å²) in [4.78, 5) is 4.20. The van der Waals surface area contributed by atoms with E-state index in [9.17, 15) is 0 Å². The topological polar surface area (TPSA) is 52.0 Å². The smallest absolute Gasteiger partial charge is 0.164 e. The first-order valence-electron chi connectivity index (χ1n) is 6.50. The van der Waals surface area contributed by atoms with Gasteiger partial charge < -0.3 is 10.1 Å². The molecule has 1 unspecified atom stereocenters. The third kappa shape index (κ3) is 3.54. The van der Waals surface area contributed by atoms with E-state index < -0.39 is 0 Å². The summed E-state index contributed by atoms with van der Waals surface area (Å²) >= 11 is 0. The van der Waals surface area contributed by atoms with Crippen molar-refractivity contribution in [3.8, 4) is 5.75 Å². The van der Waals surface area contributed by atoms with Crippen LogP contribution in [0.25, 0.3) is 0 Å². The minimum atomic E-state index is 0.187. The molecule has 0 spiro atoms. The first-order chi connectivity index (χ1) is 9.20. The van der Waals surface area contributed by atoms with Crippen LogP contribution >= 0.6 is 0 Å². The molecule has 0 aliphatic heterocycles. The number of hydrogen-bond acceptors (Lipinski definition) is 4. The van der Waals surface area contributed by atoms with Crippen molar-refractivity contribution < 1.29 is 4.74 Å². The summed E-state index contributed by atoms with van der Waals surface area (Å²) in [5.74, 6) is 1.72. The van der Waals surface area contributed by atoms with Crippen LogP contribution in [-0.2, 0) is 13.6 Å². The molecule has 0 saturated carbocycles. The SMILES string of the molecule is CCOc1ccccc1C(C)NCc1ncn(C)n1. The fourth-order valence-electron chi connectivity index (χ4n) is 1.94. The van der Waals surface area contributed by atoms with Crippen LogP contribution in [-0.4, -0.2) is 21.4 Å². The van der Waals surface area contributed by atoms with Gasteiger partial charge in [-0.2, -0.15) is 5.10 Å². The molecule has 0 aliphatic rings. The number of ether oxygens (including phenoxy) is 1. The molecule has 1 aromatic carbocycles. The van der Waals surface area contributed by atoms with Crippen molar-refractivity contribution >= 4 is 0 Å². The van der Waals surface area contributed by atoms with Crippen molar-refractivity contribution in [2.75, 3.05) is 6.61 Å². The van der Waals surface area contributed by atoms with Gasteiger partial charge in [0, 0.05) is 18.7 Å². The lowest BCUT2D eigenvalue weighted by atomic mass is 10.1. The Morgan fingerprint density at radius 2 is 2.16 bits per heavy atom. The molecule has 0 amide bonds. The summed E-state index contributed by atoms with van der Waals surface area (Å²) in [7, 11) is 1.87. The summed E-state index contributed by atoms with van der Waals surface area (Å²) in [6, 6.07) is 8.27. The van der Waals surface area contributed by atoms with E-state index in [-0.39, 0.29) is 6.04 Å². The van der Waals surface area contributed by atoms with Gasteiger partial charge in [0.25, 0.3) is 0 Å². The highest BCUT2D eigenvalue weighted by Crippen LogP contribution is 2.24. The molecule has 0 radical (unpaired) electrons. The first kappa shape index (κ1) is 13.5. The molecule has 1 N–H and O–H groups in total. The lowest BCUT2D eigenvalue weighted by molar-refractivity contribution is 0.332. The molecule has 0 fully saturated rings. The second kappa shape index (κ2) is 6.33. The maximum absolute atomic E-state index is 5.64. The largest absolute Gasteiger partial charge is 0.494 e. The number of aryl methyl sites for hydroxylation is 1. The molecule has 5 nitrogen and oxygen atoms in total. The van der Waals surface area contributed by atoms with Crippen molar-refractivity contribution in [3.63, 3.8) is 0 Å². The fourth-order valence-corrected chi connectivity index (χ4v) is 1.94. The Bertz CT molecular complexity index is 524. The van der Waals surface area contributed by atoms with E-state index in [4.69, 9.17) is 4.74 Å². The Morgan fingerprint density at radius 3 is 2.84 bits per heavy atom. The third-order valence-electron chi connectivity index (χ3n) is 2.90. The van der Waals surface area contributed by atoms with Crippen LogP contribution in [0.2, 0.25) is 0 Å². The average Bonchev–Trinajstić information content (AvgIpc) is 2.83. The van der Waals surface area contributed by atoms with Crippen molar-refractivity contribution in [1.29, 1.82) is 0 Å². The maximum Gasteiger partial charge on any atom is 0.164 e. The van der Waals surface area contributed by atoms with E-state index >= 15 is 0 Å². The lowest BCUT2D eigenvalue weighted by Crippen LogP contribution is -2.19. The number of hydrogen-bond donors (Lipinski definition) is 1. The standard InChI is InChI=1S/C14H20N4O/c1-4-19-13-8-6-5-7-12(13)11(2)15-9-14-16-10-18(3)17-14/h5-8,10-11,15H,4,9H2,1-3H3. The number of rotatable bonds is 6. The Labute approximate surface area is 113 Å². The van der Waals surface area contributed by atoms with Gasteiger partial charge in [0.2, 0.25) is 0 Å². The fraction of sp³-hybridized carbons (Fsp3) is 0.429. The van der Waals surface area contributed by atoms with Gasteiger partial charge in [0.1, 0.15) is 12.1 Å². The van der Waals surface area contributed by atoms with E-state index in [0.29, 0.717) is 13.2 Å². The summed E-state index contributed by atoms with van der Waals surface area (Å²) in [6.07, 6.45) is 1.70. The van der Waals surface area contributed by atoms with Gasteiger partial charge >= 0.3 is 0 Å². The number of benzene rings is 1. The molecule has 0 aliphatic carbocycles. The molecule has 2 aromatic rings. The minimum Gasteiger partial charge on any atom is -0.494 e. The average molecular weight is 260 g/mol. The van der Waals surface area contributed by atoms with Gasteiger partial charge in [-0.25, -0.2) is 4.98 Å². The van der Waals surface area contributed by atoms with E-state index in [1.165, 1.54) is 0 Å². The first-order valence-corrected chi connectivity index (χ1v) is 6.50. The van der Waals surface area contributed by atoms with Crippen LogP contribution in [0.4, 0.5) is 0 Å². The van der Waals surface area contributed by atoms with Gasteiger partial charge in [0.05, 0.1) is 13.2 Å². The van der Waals surface area contributed by atoms with Gasteiger partial charge in [0.15, 0.2) is 5.82 Å². The highest BCUT2D eigenvalue weighted by Gasteiger charge is 2.11. The number of nitrogens with zero attached hydrogens (tertiary/aromatic N) is 3. The molecule has 1 aromatic heterocycles. The normalized spacial score (nSPS) is 12.4. The van der Waals surface area contributed by atoms with Gasteiger partial charge in [-0.1, -0.05) is 18.2 Å². The lowest BCUT2D eigenvalue weighted by Gasteiger charge is -2.17. The van der Waals surface area contributed by atoms with Crippen LogP contribution in [0.15, 0.2) is 30.6 Å². The number of nitrogens with one attached hydrogen (secondary N) is 1. The van der Waals surface area contributed by atoms with Crippen molar-refractivity contribution in [3.05, 3.63) is 42.0 Å². The summed E-state index contributed by atoms with van der Waals surface area (Å²) < 4.78 is 7.34. The molecule has 1 atom stereocenters. The van der Waals surface area contributed by atoms with E-state index in [2.05, 4.69) is 28.4 Å². The predicted molar refractivity (Wildman–Crippen MR) is 73.9 cm³/mol. The predicted octanol–water partition coefficient (Wildman–Crippen LogP) is 2.06. The Morgan fingerprint density at radius 1 is 1.37 bits per heavy atom. The highest BCUT2D eigenvalue weighted by atomic mass is 16.5. The monoisotopic (exact) mass is 260 g/mol. The van der Waals surface area contributed by atoms with E-state index in [0.717, 1.165) is 17.1 Å². The Hall–Kier alpha value is -1.88. The zero-order chi connectivity index (χ0) is 13.7. The van der Waals surface area contributed by atoms with Crippen molar-refractivity contribution in [2.45, 2.75) is 26.4 Å². The second-order valence-electron chi connectivity index (χ2n) is 4.41. The van der Waals surface area contributed by atoms with Crippen LogP contribution in [0, 0.1) is 0 Å². The second-order valence-corrected chi connectivity index (χ2v) is 4.41. The van der Waals surface area contributed by atoms with Crippen LogP contribution in [0.3, 0.4) is 0 Å². The molecule has 1 heterocycles. The molecule has 19 heavy (non-hydrogen) atoms. The van der Waals surface area contributed by atoms with Crippen molar-refractivity contribution in [1.82, 2.24) is 20.1 Å². The quantitative estimate of drug-likeness (QED) is 0.864. The third-order valence-corrected chi connectivity index (χ3v) is 2.90. The molecule has 0 bridgehead atoms. The van der Waals surface area contributed by atoms with E-state index in [1.54, 1.807) is 11.0 Å². The number of aromatic nitrogens is 3. The summed E-state index contributed by atoms with van der Waals surface area (Å²) in [6.45, 7) is 5.42. The molecule has 102 valence electrons. The van der Waals surface area contributed by atoms with Crippen LogP contribution in [0.1, 0.15) is 31.3 Å². The molecular weight excluding hydrogens is 240 g/mol. The van der Waals surface area contributed by atoms with Gasteiger partial charge in [-0.3, -0.25) is 4.68 Å². The minimum absolute atomic E-state index is 0.187.